The molecule has 0 aliphatic heterocycles. The van der Waals surface area contributed by atoms with Gasteiger partial charge in [-0.1, -0.05) is 52.0 Å². The highest BCUT2D eigenvalue weighted by atomic mass is 14.8. The fourth-order valence-electron chi connectivity index (χ4n) is 2.42. The molecule has 110 valence electrons. The minimum atomic E-state index is 0.466. The van der Waals surface area contributed by atoms with Crippen molar-refractivity contribution in [3.05, 3.63) is 59.4 Å². The van der Waals surface area contributed by atoms with Crippen LogP contribution in [0.4, 0.5) is 5.69 Å². The fourth-order valence-corrected chi connectivity index (χ4v) is 2.42. The molecule has 0 N–H and O–H groups in total. The predicted molar refractivity (Wildman–Crippen MR) is 90.6 cm³/mol. The molecule has 0 radical (unpaired) electrons. The molecular formula is C19H24N2. The predicted octanol–water partition coefficient (Wildman–Crippen LogP) is 5.15. The first kappa shape index (κ1) is 15.4. The quantitative estimate of drug-likeness (QED) is 0.695. The zero-order valence-corrected chi connectivity index (χ0v) is 13.4. The van der Waals surface area contributed by atoms with Crippen LogP contribution in [0.1, 0.15) is 50.4 Å². The topological polar surface area (TPSA) is 25.2 Å². The Hall–Kier alpha value is -1.96. The molecule has 1 aromatic heterocycles. The molecule has 21 heavy (non-hydrogen) atoms. The number of nitrogens with zero attached hydrogens (tertiary/aromatic N) is 2. The first-order chi connectivity index (χ1) is 10.1. The minimum Gasteiger partial charge on any atom is -0.255 e. The van der Waals surface area contributed by atoms with E-state index in [1.54, 1.807) is 6.20 Å². The molecule has 0 unspecified atom stereocenters. The Bertz CT molecular complexity index is 598. The molecule has 2 heteroatoms. The Morgan fingerprint density at radius 3 is 2.48 bits per heavy atom. The van der Waals surface area contributed by atoms with Crippen LogP contribution in [0.2, 0.25) is 0 Å². The van der Waals surface area contributed by atoms with Gasteiger partial charge in [-0.25, -0.2) is 0 Å². The van der Waals surface area contributed by atoms with Gasteiger partial charge < -0.3 is 0 Å². The molecule has 0 saturated heterocycles. The first-order valence-corrected chi connectivity index (χ1v) is 7.64. The van der Waals surface area contributed by atoms with Crippen molar-refractivity contribution in [2.45, 2.75) is 40.0 Å². The minimum absolute atomic E-state index is 0.466. The van der Waals surface area contributed by atoms with Gasteiger partial charge in [0.25, 0.3) is 0 Å². The average Bonchev–Trinajstić information content (AvgIpc) is 2.46. The van der Waals surface area contributed by atoms with Crippen LogP contribution in [0.25, 0.3) is 0 Å². The van der Waals surface area contributed by atoms with E-state index in [0.717, 1.165) is 17.8 Å². The highest BCUT2D eigenvalue weighted by molar-refractivity contribution is 5.80. The maximum Gasteiger partial charge on any atom is 0.0812 e. The summed E-state index contributed by atoms with van der Waals surface area (Å²) in [6.07, 6.45) is 4.71. The lowest BCUT2D eigenvalue weighted by atomic mass is 9.94. The van der Waals surface area contributed by atoms with E-state index in [1.807, 2.05) is 24.4 Å². The molecule has 0 aliphatic carbocycles. The van der Waals surface area contributed by atoms with E-state index in [1.165, 1.54) is 11.1 Å². The molecular weight excluding hydrogens is 256 g/mol. The Morgan fingerprint density at radius 1 is 1.05 bits per heavy atom. The number of aliphatic imine (C=N–C) groups is 1. The highest BCUT2D eigenvalue weighted by Gasteiger charge is 2.11. The number of hydrogen-bond acceptors (Lipinski definition) is 2. The van der Waals surface area contributed by atoms with Gasteiger partial charge in [0.2, 0.25) is 0 Å². The van der Waals surface area contributed by atoms with Crippen molar-refractivity contribution >= 4 is 11.9 Å². The Morgan fingerprint density at radius 2 is 1.86 bits per heavy atom. The van der Waals surface area contributed by atoms with Crippen molar-refractivity contribution < 1.29 is 0 Å². The summed E-state index contributed by atoms with van der Waals surface area (Å²) in [5.41, 5.74) is 4.64. The lowest BCUT2D eigenvalue weighted by Crippen LogP contribution is -1.98. The van der Waals surface area contributed by atoms with Gasteiger partial charge in [0.1, 0.15) is 0 Å². The Kier molecular flexibility index (Phi) is 5.26. The van der Waals surface area contributed by atoms with Crippen LogP contribution in [0, 0.1) is 5.92 Å². The molecule has 0 aliphatic rings. The van der Waals surface area contributed by atoms with Crippen LogP contribution < -0.4 is 0 Å². The first-order valence-electron chi connectivity index (χ1n) is 7.64. The number of benzene rings is 1. The summed E-state index contributed by atoms with van der Waals surface area (Å²) in [6.45, 7) is 8.92. The zero-order valence-electron chi connectivity index (χ0n) is 13.4. The highest BCUT2D eigenvalue weighted by Crippen LogP contribution is 2.31. The van der Waals surface area contributed by atoms with Crippen LogP contribution in [-0.4, -0.2) is 11.2 Å². The summed E-state index contributed by atoms with van der Waals surface area (Å²) >= 11 is 0. The van der Waals surface area contributed by atoms with Crippen LogP contribution in [-0.2, 0) is 6.42 Å². The number of pyridine rings is 1. The number of rotatable bonds is 5. The second-order valence-corrected chi connectivity index (χ2v) is 6.12. The molecule has 2 rings (SSSR count). The number of hydrogen-bond donors (Lipinski definition) is 0. The summed E-state index contributed by atoms with van der Waals surface area (Å²) < 4.78 is 0. The summed E-state index contributed by atoms with van der Waals surface area (Å²) in [5.74, 6) is 1.09. The molecule has 0 atom stereocenters. The van der Waals surface area contributed by atoms with Gasteiger partial charge in [0.15, 0.2) is 0 Å². The Labute approximate surface area is 128 Å². The van der Waals surface area contributed by atoms with Crippen molar-refractivity contribution in [3.63, 3.8) is 0 Å². The van der Waals surface area contributed by atoms with Crippen LogP contribution in [0.5, 0.6) is 0 Å². The lowest BCUT2D eigenvalue weighted by molar-refractivity contribution is 0.646. The van der Waals surface area contributed by atoms with E-state index in [9.17, 15) is 0 Å². The summed E-state index contributed by atoms with van der Waals surface area (Å²) in [7, 11) is 0. The van der Waals surface area contributed by atoms with E-state index in [4.69, 9.17) is 4.99 Å². The van der Waals surface area contributed by atoms with Gasteiger partial charge >= 0.3 is 0 Å². The van der Waals surface area contributed by atoms with Gasteiger partial charge in [-0.15, -0.1) is 0 Å². The molecule has 0 amide bonds. The van der Waals surface area contributed by atoms with Crippen molar-refractivity contribution in [2.75, 3.05) is 0 Å². The third-order valence-corrected chi connectivity index (χ3v) is 3.41. The number of aromatic nitrogens is 1. The lowest BCUT2D eigenvalue weighted by Gasteiger charge is -2.15. The summed E-state index contributed by atoms with van der Waals surface area (Å²) in [4.78, 5) is 9.07. The molecule has 0 bridgehead atoms. The number of para-hydroxylation sites is 1. The zero-order chi connectivity index (χ0) is 15.2. The maximum atomic E-state index is 4.76. The van der Waals surface area contributed by atoms with Crippen LogP contribution >= 0.6 is 0 Å². The summed E-state index contributed by atoms with van der Waals surface area (Å²) in [6, 6.07) is 12.4. The van der Waals surface area contributed by atoms with Crippen molar-refractivity contribution in [3.8, 4) is 0 Å². The van der Waals surface area contributed by atoms with Gasteiger partial charge in [-0.3, -0.25) is 9.98 Å². The molecule has 0 fully saturated rings. The van der Waals surface area contributed by atoms with Crippen molar-refractivity contribution in [1.29, 1.82) is 0 Å². The van der Waals surface area contributed by atoms with Gasteiger partial charge in [-0.2, -0.15) is 0 Å². The standard InChI is InChI=1S/C19H24N2/c1-14(2)12-16-8-7-10-18(15(3)4)19(16)21-13-17-9-5-6-11-20-17/h5-11,13-15H,12H2,1-4H3. The largest absolute Gasteiger partial charge is 0.255 e. The second-order valence-electron chi connectivity index (χ2n) is 6.12. The smallest absolute Gasteiger partial charge is 0.0812 e. The van der Waals surface area contributed by atoms with Crippen LogP contribution in [0.15, 0.2) is 47.6 Å². The normalized spacial score (nSPS) is 11.7. The third kappa shape index (κ3) is 4.25. The molecule has 0 spiro atoms. The van der Waals surface area contributed by atoms with Gasteiger partial charge in [-0.05, 0) is 41.5 Å². The molecule has 2 aromatic rings. The molecule has 1 aromatic carbocycles. The van der Waals surface area contributed by atoms with E-state index in [2.05, 4.69) is 50.9 Å². The molecule has 0 saturated carbocycles. The Balaban J connectivity index is 2.41. The van der Waals surface area contributed by atoms with E-state index >= 15 is 0 Å². The van der Waals surface area contributed by atoms with E-state index in [-0.39, 0.29) is 0 Å². The van der Waals surface area contributed by atoms with Crippen molar-refractivity contribution in [2.24, 2.45) is 10.9 Å². The van der Waals surface area contributed by atoms with Crippen molar-refractivity contribution in [1.82, 2.24) is 4.98 Å². The SMILES string of the molecule is CC(C)Cc1cccc(C(C)C)c1N=Cc1ccccn1. The van der Waals surface area contributed by atoms with Gasteiger partial charge in [0, 0.05) is 6.20 Å². The second kappa shape index (κ2) is 7.16. The van der Waals surface area contributed by atoms with E-state index < -0.39 is 0 Å². The summed E-state index contributed by atoms with van der Waals surface area (Å²) in [5, 5.41) is 0. The maximum absolute atomic E-state index is 4.76. The van der Waals surface area contributed by atoms with E-state index in [0.29, 0.717) is 11.8 Å². The average molecular weight is 280 g/mol. The monoisotopic (exact) mass is 280 g/mol. The fraction of sp³-hybridized carbons (Fsp3) is 0.368. The molecule has 1 heterocycles. The third-order valence-electron chi connectivity index (χ3n) is 3.41. The van der Waals surface area contributed by atoms with Gasteiger partial charge in [0.05, 0.1) is 17.6 Å². The van der Waals surface area contributed by atoms with Crippen LogP contribution in [0.3, 0.4) is 0 Å². The molecule has 2 nitrogen and oxygen atoms in total.